The van der Waals surface area contributed by atoms with Crippen LogP contribution in [0.4, 0.5) is 8.78 Å². The summed E-state index contributed by atoms with van der Waals surface area (Å²) in [6.07, 6.45) is 0. The number of halogens is 2. The van der Waals surface area contributed by atoms with Crippen molar-refractivity contribution in [2.24, 2.45) is 11.8 Å². The van der Waals surface area contributed by atoms with Gasteiger partial charge in [0.25, 0.3) is 0 Å². The maximum absolute atomic E-state index is 13.3. The molecule has 2 nitrogen and oxygen atoms in total. The molecule has 0 saturated heterocycles. The molecule has 0 fully saturated rings. The Morgan fingerprint density at radius 3 is 2.50 bits per heavy atom. The van der Waals surface area contributed by atoms with E-state index in [0.717, 1.165) is 18.2 Å². The van der Waals surface area contributed by atoms with Gasteiger partial charge in [-0.25, -0.2) is 8.78 Å². The van der Waals surface area contributed by atoms with Crippen molar-refractivity contribution in [1.29, 1.82) is 5.26 Å². The Bertz CT molecular complexity index is 449. The van der Waals surface area contributed by atoms with Gasteiger partial charge in [0.1, 0.15) is 17.6 Å². The highest BCUT2D eigenvalue weighted by atomic mass is 19.1. The van der Waals surface area contributed by atoms with E-state index in [2.05, 4.69) is 0 Å². The first kappa shape index (κ1) is 12.3. The number of carbonyl (C=O) groups is 1. The van der Waals surface area contributed by atoms with Crippen LogP contribution in [-0.2, 0) is 0 Å². The van der Waals surface area contributed by atoms with Crippen molar-refractivity contribution in [3.8, 4) is 6.07 Å². The van der Waals surface area contributed by atoms with Crippen molar-refractivity contribution >= 4 is 5.78 Å². The Kier molecular flexibility index (Phi) is 3.73. The van der Waals surface area contributed by atoms with Crippen LogP contribution in [-0.4, -0.2) is 5.78 Å². The molecule has 0 radical (unpaired) electrons. The minimum atomic E-state index is -0.948. The van der Waals surface area contributed by atoms with E-state index in [9.17, 15) is 13.6 Å². The van der Waals surface area contributed by atoms with Crippen molar-refractivity contribution in [1.82, 2.24) is 0 Å². The lowest BCUT2D eigenvalue weighted by atomic mass is 9.89. The highest BCUT2D eigenvalue weighted by Gasteiger charge is 2.25. The molecule has 0 N–H and O–H groups in total. The van der Waals surface area contributed by atoms with E-state index in [0.29, 0.717) is 0 Å². The molecule has 84 valence electrons. The second-order valence-electron chi connectivity index (χ2n) is 3.84. The monoisotopic (exact) mass is 223 g/mol. The average Bonchev–Trinajstić information content (AvgIpc) is 2.22. The number of carbonyl (C=O) groups excluding carboxylic acids is 1. The third-order valence-corrected chi connectivity index (χ3v) is 2.28. The zero-order chi connectivity index (χ0) is 12.3. The van der Waals surface area contributed by atoms with Gasteiger partial charge in [0, 0.05) is 0 Å². The molecular weight excluding hydrogens is 212 g/mol. The largest absolute Gasteiger partial charge is 0.293 e. The molecule has 0 aliphatic carbocycles. The summed E-state index contributed by atoms with van der Waals surface area (Å²) in [5.41, 5.74) is -0.361. The summed E-state index contributed by atoms with van der Waals surface area (Å²) in [6, 6.07) is 4.45. The van der Waals surface area contributed by atoms with Gasteiger partial charge in [-0.1, -0.05) is 13.8 Å². The van der Waals surface area contributed by atoms with Crippen LogP contribution in [0.25, 0.3) is 0 Å². The summed E-state index contributed by atoms with van der Waals surface area (Å²) in [5.74, 6) is -3.34. The molecule has 0 bridgehead atoms. The first-order chi connectivity index (χ1) is 7.47. The Labute approximate surface area is 92.5 Å². The van der Waals surface area contributed by atoms with Gasteiger partial charge in [-0.3, -0.25) is 4.79 Å². The van der Waals surface area contributed by atoms with Crippen molar-refractivity contribution < 1.29 is 13.6 Å². The lowest BCUT2D eigenvalue weighted by molar-refractivity contribution is 0.0920. The minimum Gasteiger partial charge on any atom is -0.293 e. The molecule has 0 heterocycles. The zero-order valence-corrected chi connectivity index (χ0v) is 9.00. The van der Waals surface area contributed by atoms with Gasteiger partial charge >= 0.3 is 0 Å². The van der Waals surface area contributed by atoms with Crippen LogP contribution in [0.5, 0.6) is 0 Å². The van der Waals surface area contributed by atoms with Crippen LogP contribution >= 0.6 is 0 Å². The van der Waals surface area contributed by atoms with Gasteiger partial charge in [0.2, 0.25) is 0 Å². The van der Waals surface area contributed by atoms with Gasteiger partial charge < -0.3 is 0 Å². The molecule has 0 aromatic heterocycles. The Morgan fingerprint density at radius 2 is 2.00 bits per heavy atom. The van der Waals surface area contributed by atoms with Gasteiger partial charge in [-0.2, -0.15) is 5.26 Å². The number of nitriles is 1. The quantitative estimate of drug-likeness (QED) is 0.739. The smallest absolute Gasteiger partial charge is 0.183 e. The number of rotatable bonds is 3. The molecular formula is C12H11F2NO. The van der Waals surface area contributed by atoms with Gasteiger partial charge in [0.05, 0.1) is 11.6 Å². The van der Waals surface area contributed by atoms with Crippen LogP contribution in [0.1, 0.15) is 24.2 Å². The van der Waals surface area contributed by atoms with Crippen molar-refractivity contribution in [2.45, 2.75) is 13.8 Å². The molecule has 1 unspecified atom stereocenters. The van der Waals surface area contributed by atoms with E-state index in [4.69, 9.17) is 5.26 Å². The maximum Gasteiger partial charge on any atom is 0.183 e. The van der Waals surface area contributed by atoms with Crippen molar-refractivity contribution in [2.75, 3.05) is 0 Å². The fourth-order valence-electron chi connectivity index (χ4n) is 1.36. The third-order valence-electron chi connectivity index (χ3n) is 2.28. The number of ketones is 1. The lowest BCUT2D eigenvalue weighted by Crippen LogP contribution is -2.20. The molecule has 0 amide bonds. The van der Waals surface area contributed by atoms with Crippen molar-refractivity contribution in [3.05, 3.63) is 35.4 Å². The van der Waals surface area contributed by atoms with Crippen LogP contribution in [0.2, 0.25) is 0 Å². The van der Waals surface area contributed by atoms with E-state index in [-0.39, 0.29) is 11.5 Å². The van der Waals surface area contributed by atoms with E-state index in [1.807, 2.05) is 6.07 Å². The summed E-state index contributed by atoms with van der Waals surface area (Å²) >= 11 is 0. The molecule has 1 rings (SSSR count). The second kappa shape index (κ2) is 4.84. The number of benzene rings is 1. The summed E-state index contributed by atoms with van der Waals surface area (Å²) < 4.78 is 26.2. The van der Waals surface area contributed by atoms with Gasteiger partial charge in [-0.05, 0) is 24.1 Å². The normalized spacial score (nSPS) is 12.2. The second-order valence-corrected chi connectivity index (χ2v) is 3.84. The first-order valence-corrected chi connectivity index (χ1v) is 4.86. The zero-order valence-electron chi connectivity index (χ0n) is 9.00. The molecule has 4 heteroatoms. The molecule has 16 heavy (non-hydrogen) atoms. The Hall–Kier alpha value is -1.76. The fourth-order valence-corrected chi connectivity index (χ4v) is 1.36. The van der Waals surface area contributed by atoms with Gasteiger partial charge in [0.15, 0.2) is 5.78 Å². The predicted octanol–water partition coefficient (Wildman–Crippen LogP) is 2.94. The van der Waals surface area contributed by atoms with Crippen LogP contribution in [0.15, 0.2) is 18.2 Å². The van der Waals surface area contributed by atoms with E-state index >= 15 is 0 Å². The van der Waals surface area contributed by atoms with E-state index in [1.165, 1.54) is 0 Å². The maximum atomic E-state index is 13.3. The highest BCUT2D eigenvalue weighted by molar-refractivity contribution is 5.99. The lowest BCUT2D eigenvalue weighted by Gasteiger charge is -2.11. The molecule has 0 aliphatic rings. The minimum absolute atomic E-state index is 0.236. The number of nitrogens with zero attached hydrogens (tertiary/aromatic N) is 1. The van der Waals surface area contributed by atoms with E-state index in [1.54, 1.807) is 13.8 Å². The SMILES string of the molecule is CC(C)C(C#N)C(=O)c1cc(F)ccc1F. The number of hydrogen-bond acceptors (Lipinski definition) is 2. The average molecular weight is 223 g/mol. The predicted molar refractivity (Wildman–Crippen MR) is 54.6 cm³/mol. The fraction of sp³-hybridized carbons (Fsp3) is 0.333. The molecule has 1 aromatic rings. The molecule has 1 atom stereocenters. The van der Waals surface area contributed by atoms with Crippen LogP contribution < -0.4 is 0 Å². The van der Waals surface area contributed by atoms with E-state index < -0.39 is 23.3 Å². The molecule has 0 spiro atoms. The highest BCUT2D eigenvalue weighted by Crippen LogP contribution is 2.19. The van der Waals surface area contributed by atoms with Crippen LogP contribution in [0, 0.1) is 34.8 Å². The summed E-state index contributed by atoms with van der Waals surface area (Å²) in [7, 11) is 0. The van der Waals surface area contributed by atoms with Crippen molar-refractivity contribution in [3.63, 3.8) is 0 Å². The number of Topliss-reactive ketones (excluding diaryl/α,β-unsaturated/α-hetero) is 1. The summed E-state index contributed by atoms with van der Waals surface area (Å²) in [4.78, 5) is 11.8. The summed E-state index contributed by atoms with van der Waals surface area (Å²) in [6.45, 7) is 3.37. The number of hydrogen-bond donors (Lipinski definition) is 0. The van der Waals surface area contributed by atoms with Crippen LogP contribution in [0.3, 0.4) is 0 Å². The summed E-state index contributed by atoms with van der Waals surface area (Å²) in [5, 5.41) is 8.80. The third kappa shape index (κ3) is 2.43. The Balaban J connectivity index is 3.14. The standard InChI is InChI=1S/C12H11F2NO/c1-7(2)10(6-15)12(16)9-5-8(13)3-4-11(9)14/h3-5,7,10H,1-2H3. The molecule has 0 aliphatic heterocycles. The molecule has 0 saturated carbocycles. The molecule has 1 aromatic carbocycles. The Morgan fingerprint density at radius 1 is 1.38 bits per heavy atom. The first-order valence-electron chi connectivity index (χ1n) is 4.86. The topological polar surface area (TPSA) is 40.9 Å². The van der Waals surface area contributed by atoms with Gasteiger partial charge in [-0.15, -0.1) is 0 Å².